The van der Waals surface area contributed by atoms with Crippen molar-refractivity contribution in [1.29, 1.82) is 0 Å². The summed E-state index contributed by atoms with van der Waals surface area (Å²) in [6, 6.07) is 8.31. The molecule has 2 N–H and O–H groups in total. The highest BCUT2D eigenvalue weighted by Gasteiger charge is 2.40. The molecule has 284 valence electrons. The van der Waals surface area contributed by atoms with Crippen LogP contribution in [-0.4, -0.2) is 96.5 Å². The molecular weight excluding hydrogens is 662 g/mol. The van der Waals surface area contributed by atoms with Crippen molar-refractivity contribution in [3.05, 3.63) is 69.8 Å². The van der Waals surface area contributed by atoms with Crippen molar-refractivity contribution in [3.8, 4) is 0 Å². The number of unbranched alkanes of at least 4 members (excludes halogenated alkanes) is 9. The van der Waals surface area contributed by atoms with E-state index < -0.39 is 29.5 Å². The van der Waals surface area contributed by atoms with Crippen LogP contribution in [0.15, 0.2) is 36.4 Å². The lowest BCUT2D eigenvalue weighted by atomic mass is 9.96. The summed E-state index contributed by atoms with van der Waals surface area (Å²) in [5.41, 5.74) is 6.97. The van der Waals surface area contributed by atoms with Gasteiger partial charge in [-0.05, 0) is 58.4 Å². The van der Waals surface area contributed by atoms with Crippen molar-refractivity contribution >= 4 is 29.4 Å². The van der Waals surface area contributed by atoms with Crippen LogP contribution in [0.1, 0.15) is 156 Å². The van der Waals surface area contributed by atoms with E-state index in [4.69, 9.17) is 19.9 Å². The van der Waals surface area contributed by atoms with Crippen LogP contribution < -0.4 is 5.73 Å². The first-order valence-corrected chi connectivity index (χ1v) is 19.1. The number of rotatable bonds is 24. The fourth-order valence-electron chi connectivity index (χ4n) is 6.55. The predicted octanol–water partition coefficient (Wildman–Crippen LogP) is 6.59. The van der Waals surface area contributed by atoms with Crippen molar-refractivity contribution in [2.45, 2.75) is 123 Å². The van der Waals surface area contributed by atoms with Crippen LogP contribution in [0.25, 0.3) is 0 Å². The minimum Gasteiger partial charge on any atom is -0.377 e. The number of ketones is 1. The number of hydrogen-bond donors (Lipinski definition) is 1. The van der Waals surface area contributed by atoms with Gasteiger partial charge in [-0.25, -0.2) is 0 Å². The maximum atomic E-state index is 13.6. The number of hydrogen-bond acceptors (Lipinski definition) is 9. The molecule has 4 amide bonds. The first kappa shape index (κ1) is 41.0. The number of carbonyl (C=O) groups is 5. The monoisotopic (exact) mass is 719 g/mol. The molecule has 0 aliphatic carbocycles. The van der Waals surface area contributed by atoms with Crippen LogP contribution in [0, 0.1) is 0 Å². The molecule has 0 saturated carbocycles. The highest BCUT2D eigenvalue weighted by molar-refractivity contribution is 6.24. The number of nitrogens with two attached hydrogens (primary N) is 1. The third-order valence-electron chi connectivity index (χ3n) is 9.56. The molecule has 4 rings (SSSR count). The Kier molecular flexibility index (Phi) is 15.7. The van der Waals surface area contributed by atoms with Crippen LogP contribution in [0.4, 0.5) is 0 Å². The molecule has 11 heteroatoms. The molecule has 2 heterocycles. The molecule has 0 spiro atoms. The minimum absolute atomic E-state index is 0.0507. The second-order valence-electron chi connectivity index (χ2n) is 14.4. The Morgan fingerprint density at radius 2 is 1.10 bits per heavy atom. The lowest BCUT2D eigenvalue weighted by Gasteiger charge is -2.24. The summed E-state index contributed by atoms with van der Waals surface area (Å²) in [5, 5.41) is 0. The summed E-state index contributed by atoms with van der Waals surface area (Å²) in [6.07, 6.45) is 11.1. The van der Waals surface area contributed by atoms with E-state index in [9.17, 15) is 24.0 Å². The number of nitrogens with zero attached hydrogens (tertiary/aromatic N) is 2. The third-order valence-corrected chi connectivity index (χ3v) is 9.56. The zero-order valence-corrected chi connectivity index (χ0v) is 31.6. The summed E-state index contributed by atoms with van der Waals surface area (Å²) in [5.74, 6) is -2.11. The standard InChI is InChI=1S/C41H57N3O8/c1-6-7-8-9-10-11-12-13-14-15-20-43-38(46)33-18-16-31(21-35(33)39(43)47)37(45)32-17-19-34-36(22-32)41(49)44(40(34)48)28(3)24-51-30(5)26-52-29(4)25-50-23-27(2)42/h16-19,21-22,27-30H,6-15,20,23-26,42H2,1-5H3. The van der Waals surface area contributed by atoms with Gasteiger partial charge in [-0.1, -0.05) is 76.8 Å². The van der Waals surface area contributed by atoms with Crippen molar-refractivity contribution in [2.24, 2.45) is 5.73 Å². The van der Waals surface area contributed by atoms with Gasteiger partial charge < -0.3 is 19.9 Å². The van der Waals surface area contributed by atoms with E-state index in [0.29, 0.717) is 26.4 Å². The quantitative estimate of drug-likeness (QED) is 0.0721. The number of benzene rings is 2. The van der Waals surface area contributed by atoms with E-state index in [1.54, 1.807) is 6.92 Å². The Balaban J connectivity index is 1.29. The highest BCUT2D eigenvalue weighted by Crippen LogP contribution is 2.29. The lowest BCUT2D eigenvalue weighted by Crippen LogP contribution is -2.41. The van der Waals surface area contributed by atoms with Gasteiger partial charge in [-0.3, -0.25) is 33.8 Å². The summed E-state index contributed by atoms with van der Waals surface area (Å²) in [4.78, 5) is 69.0. The van der Waals surface area contributed by atoms with Gasteiger partial charge in [-0.15, -0.1) is 0 Å². The van der Waals surface area contributed by atoms with Crippen LogP contribution >= 0.6 is 0 Å². The molecule has 2 aliphatic heterocycles. The molecule has 4 atom stereocenters. The highest BCUT2D eigenvalue weighted by atomic mass is 16.6. The third kappa shape index (κ3) is 10.7. The summed E-state index contributed by atoms with van der Waals surface area (Å²) in [7, 11) is 0. The molecule has 4 unspecified atom stereocenters. The number of amides is 4. The average molecular weight is 720 g/mol. The van der Waals surface area contributed by atoms with Crippen LogP contribution in [0.3, 0.4) is 0 Å². The Morgan fingerprint density at radius 3 is 1.69 bits per heavy atom. The van der Waals surface area contributed by atoms with E-state index >= 15 is 0 Å². The first-order chi connectivity index (χ1) is 24.9. The minimum atomic E-state index is -0.565. The molecule has 2 aromatic rings. The van der Waals surface area contributed by atoms with Gasteiger partial charge in [0.2, 0.25) is 0 Å². The Hall–Kier alpha value is -3.77. The van der Waals surface area contributed by atoms with Gasteiger partial charge in [-0.2, -0.15) is 0 Å². The number of fused-ring (bicyclic) bond motifs is 2. The number of carbonyl (C=O) groups excluding carboxylic acids is 5. The van der Waals surface area contributed by atoms with E-state index in [2.05, 4.69) is 6.92 Å². The van der Waals surface area contributed by atoms with Crippen molar-refractivity contribution in [3.63, 3.8) is 0 Å². The molecule has 0 aromatic heterocycles. The zero-order chi connectivity index (χ0) is 37.8. The average Bonchev–Trinajstić information content (AvgIpc) is 3.52. The van der Waals surface area contributed by atoms with Crippen molar-refractivity contribution < 1.29 is 38.2 Å². The maximum absolute atomic E-state index is 13.6. The Morgan fingerprint density at radius 1 is 0.615 bits per heavy atom. The van der Waals surface area contributed by atoms with Gasteiger partial charge in [0.05, 0.1) is 66.9 Å². The fourth-order valence-corrected chi connectivity index (χ4v) is 6.55. The van der Waals surface area contributed by atoms with Crippen LogP contribution in [-0.2, 0) is 14.2 Å². The predicted molar refractivity (Wildman–Crippen MR) is 199 cm³/mol. The second-order valence-corrected chi connectivity index (χ2v) is 14.4. The topological polar surface area (TPSA) is 146 Å². The van der Waals surface area contributed by atoms with E-state index in [0.717, 1.165) is 30.6 Å². The SMILES string of the molecule is CCCCCCCCCCCCN1C(=O)c2ccc(C(=O)c3ccc4c(c3)C(=O)N(C(C)COC(C)COC(C)COCC(C)N)C4=O)cc2C1=O. The summed E-state index contributed by atoms with van der Waals surface area (Å²) < 4.78 is 17.2. The van der Waals surface area contributed by atoms with Crippen molar-refractivity contribution in [1.82, 2.24) is 9.80 Å². The van der Waals surface area contributed by atoms with Gasteiger partial charge >= 0.3 is 0 Å². The molecule has 0 radical (unpaired) electrons. The summed E-state index contributed by atoms with van der Waals surface area (Å²) in [6.45, 7) is 11.2. The maximum Gasteiger partial charge on any atom is 0.261 e. The van der Waals surface area contributed by atoms with E-state index in [-0.39, 0.29) is 64.1 Å². The molecule has 0 bridgehead atoms. The van der Waals surface area contributed by atoms with Gasteiger partial charge in [0.15, 0.2) is 5.78 Å². The van der Waals surface area contributed by atoms with Crippen molar-refractivity contribution in [2.75, 3.05) is 33.0 Å². The Bertz CT molecular complexity index is 1570. The molecule has 52 heavy (non-hydrogen) atoms. The molecular formula is C41H57N3O8. The summed E-state index contributed by atoms with van der Waals surface area (Å²) >= 11 is 0. The molecule has 0 fully saturated rings. The normalized spacial score (nSPS) is 16.3. The van der Waals surface area contributed by atoms with Crippen LogP contribution in [0.2, 0.25) is 0 Å². The van der Waals surface area contributed by atoms with Gasteiger partial charge in [0.1, 0.15) is 0 Å². The molecule has 2 aromatic carbocycles. The second kappa shape index (κ2) is 19.9. The number of imide groups is 2. The van der Waals surface area contributed by atoms with E-state index in [1.807, 2.05) is 20.8 Å². The molecule has 0 saturated heterocycles. The zero-order valence-electron chi connectivity index (χ0n) is 31.6. The molecule has 2 aliphatic rings. The Labute approximate surface area is 308 Å². The number of ether oxygens (including phenoxy) is 3. The first-order valence-electron chi connectivity index (χ1n) is 19.1. The molecule has 11 nitrogen and oxygen atoms in total. The largest absolute Gasteiger partial charge is 0.377 e. The fraction of sp³-hybridized carbons (Fsp3) is 0.585. The van der Waals surface area contributed by atoms with Crippen LogP contribution in [0.5, 0.6) is 0 Å². The van der Waals surface area contributed by atoms with E-state index in [1.165, 1.54) is 79.8 Å². The smallest absolute Gasteiger partial charge is 0.261 e. The lowest BCUT2D eigenvalue weighted by molar-refractivity contribution is -0.0633. The van der Waals surface area contributed by atoms with Gasteiger partial charge in [0.25, 0.3) is 23.6 Å². The van der Waals surface area contributed by atoms with Gasteiger partial charge in [0, 0.05) is 23.7 Å².